The van der Waals surface area contributed by atoms with Crippen molar-refractivity contribution in [1.29, 1.82) is 0 Å². The van der Waals surface area contributed by atoms with E-state index in [0.717, 1.165) is 6.54 Å². The number of anilines is 2. The molecule has 8 heteroatoms. The van der Waals surface area contributed by atoms with E-state index in [4.69, 9.17) is 5.73 Å². The summed E-state index contributed by atoms with van der Waals surface area (Å²) in [6.45, 7) is 7.13. The number of nitrogens with zero attached hydrogens (tertiary/aromatic N) is 1. The summed E-state index contributed by atoms with van der Waals surface area (Å²) in [5.74, 6) is 0.441. The number of carbonyl (C=O) groups is 1. The maximum Gasteiger partial charge on any atom is 0.265 e. The average molecular weight is 318 g/mol. The normalized spacial score (nSPS) is 14.1. The van der Waals surface area contributed by atoms with Gasteiger partial charge in [0.05, 0.1) is 0 Å². The fraction of sp³-hybridized carbons (Fsp3) is 0.667. The van der Waals surface area contributed by atoms with Gasteiger partial charge in [-0.05, 0) is 12.8 Å². The molecule has 0 aliphatic heterocycles. The van der Waals surface area contributed by atoms with Crippen LogP contribution in [0.1, 0.15) is 30.4 Å². The number of amides is 1. The molecule has 1 heterocycles. The van der Waals surface area contributed by atoms with Crippen LogP contribution in [0.5, 0.6) is 0 Å². The maximum atomic E-state index is 12.0. The molecule has 2 unspecified atom stereocenters. The lowest BCUT2D eigenvalue weighted by molar-refractivity contribution is 0.0959. The number of nitrogens with two attached hydrogens (primary N) is 1. The molecule has 2 atom stereocenters. The number of nitrogen functional groups attached to an aromatic ring is 1. The molecule has 114 valence electrons. The summed E-state index contributed by atoms with van der Waals surface area (Å²) < 4.78 is 11.2. The number of rotatable bonds is 7. The summed E-state index contributed by atoms with van der Waals surface area (Å²) >= 11 is 1.23. The lowest BCUT2D eigenvalue weighted by Crippen LogP contribution is -2.32. The number of aromatic nitrogens is 1. The molecule has 0 saturated heterocycles. The Morgan fingerprint density at radius 1 is 1.40 bits per heavy atom. The van der Waals surface area contributed by atoms with Gasteiger partial charge in [0, 0.05) is 35.4 Å². The van der Waals surface area contributed by atoms with E-state index in [9.17, 15) is 9.00 Å². The number of nitrogens with one attached hydrogen (secondary N) is 2. The predicted octanol–water partition coefficient (Wildman–Crippen LogP) is 1.29. The molecule has 0 saturated carbocycles. The molecule has 0 aromatic carbocycles. The molecule has 1 aromatic heterocycles. The van der Waals surface area contributed by atoms with E-state index < -0.39 is 10.8 Å². The first-order valence-electron chi connectivity index (χ1n) is 6.41. The van der Waals surface area contributed by atoms with Crippen LogP contribution in [-0.2, 0) is 10.8 Å². The fourth-order valence-electron chi connectivity index (χ4n) is 1.30. The standard InChI is InChI=1S/C12H22N4O2S2/c1-7(2)5-15-12-16-10(13)9(19-12)11(17)14-6-8(3)20(4)18/h7-8H,5-6,13H2,1-4H3,(H,14,17)(H,15,16). The number of hydrogen-bond acceptors (Lipinski definition) is 6. The average Bonchev–Trinajstić information content (AvgIpc) is 2.74. The molecular weight excluding hydrogens is 296 g/mol. The van der Waals surface area contributed by atoms with Crippen molar-refractivity contribution in [1.82, 2.24) is 10.3 Å². The predicted molar refractivity (Wildman–Crippen MR) is 85.7 cm³/mol. The summed E-state index contributed by atoms with van der Waals surface area (Å²) in [4.78, 5) is 16.5. The third-order valence-corrected chi connectivity index (χ3v) is 4.97. The van der Waals surface area contributed by atoms with Gasteiger partial charge in [-0.25, -0.2) is 4.98 Å². The SMILES string of the molecule is CC(C)CNc1nc(N)c(C(=O)NCC(C)S(C)=O)s1. The fourth-order valence-corrected chi connectivity index (χ4v) is 2.42. The van der Waals surface area contributed by atoms with E-state index >= 15 is 0 Å². The van der Waals surface area contributed by atoms with Gasteiger partial charge in [-0.15, -0.1) is 0 Å². The lowest BCUT2D eigenvalue weighted by atomic mass is 10.2. The van der Waals surface area contributed by atoms with Crippen molar-refractivity contribution in [2.45, 2.75) is 26.0 Å². The van der Waals surface area contributed by atoms with Gasteiger partial charge in [0.25, 0.3) is 5.91 Å². The molecule has 6 nitrogen and oxygen atoms in total. The van der Waals surface area contributed by atoms with Gasteiger partial charge in [-0.2, -0.15) is 0 Å². The molecule has 0 spiro atoms. The third kappa shape index (κ3) is 5.09. The first-order chi connectivity index (χ1) is 9.31. The van der Waals surface area contributed by atoms with Gasteiger partial charge >= 0.3 is 0 Å². The zero-order valence-corrected chi connectivity index (χ0v) is 13.9. The highest BCUT2D eigenvalue weighted by Gasteiger charge is 2.17. The van der Waals surface area contributed by atoms with E-state index in [-0.39, 0.29) is 17.0 Å². The van der Waals surface area contributed by atoms with Crippen LogP contribution >= 0.6 is 11.3 Å². The quantitative estimate of drug-likeness (QED) is 0.704. The van der Waals surface area contributed by atoms with Crippen molar-refractivity contribution in [3.63, 3.8) is 0 Å². The Morgan fingerprint density at radius 3 is 2.60 bits per heavy atom. The van der Waals surface area contributed by atoms with Crippen LogP contribution in [0.3, 0.4) is 0 Å². The van der Waals surface area contributed by atoms with Gasteiger partial charge in [0.1, 0.15) is 10.7 Å². The number of hydrogen-bond donors (Lipinski definition) is 3. The molecule has 1 amide bonds. The lowest BCUT2D eigenvalue weighted by Gasteiger charge is -2.08. The molecule has 4 N–H and O–H groups in total. The number of carbonyl (C=O) groups excluding carboxylic acids is 1. The zero-order chi connectivity index (χ0) is 15.3. The van der Waals surface area contributed by atoms with E-state index in [1.807, 2.05) is 6.92 Å². The largest absolute Gasteiger partial charge is 0.382 e. The molecular formula is C12H22N4O2S2. The molecule has 1 rings (SSSR count). The second kappa shape index (κ2) is 7.58. The topological polar surface area (TPSA) is 97.1 Å². The van der Waals surface area contributed by atoms with Gasteiger partial charge in [-0.1, -0.05) is 25.2 Å². The molecule has 0 fully saturated rings. The van der Waals surface area contributed by atoms with E-state index in [2.05, 4.69) is 29.5 Å². The summed E-state index contributed by atoms with van der Waals surface area (Å²) in [6, 6.07) is 0. The van der Waals surface area contributed by atoms with Crippen molar-refractivity contribution in [2.75, 3.05) is 30.4 Å². The van der Waals surface area contributed by atoms with Crippen LogP contribution in [-0.4, -0.2) is 39.7 Å². The Hall–Kier alpha value is -1.15. The minimum absolute atomic E-state index is 0.0911. The number of thiazole rings is 1. The molecule has 0 bridgehead atoms. The van der Waals surface area contributed by atoms with Gasteiger partial charge < -0.3 is 16.4 Å². The smallest absolute Gasteiger partial charge is 0.265 e. The Morgan fingerprint density at radius 2 is 2.05 bits per heavy atom. The Labute approximate surface area is 126 Å². The van der Waals surface area contributed by atoms with Crippen LogP contribution in [0, 0.1) is 5.92 Å². The summed E-state index contributed by atoms with van der Waals surface area (Å²) in [6.07, 6.45) is 1.62. The Bertz CT molecular complexity index is 488. The van der Waals surface area contributed by atoms with Crippen molar-refractivity contribution in [2.24, 2.45) is 5.92 Å². The minimum atomic E-state index is -0.962. The van der Waals surface area contributed by atoms with Crippen molar-refractivity contribution in [3.8, 4) is 0 Å². The first-order valence-corrected chi connectivity index (χ1v) is 8.85. The second-order valence-corrected chi connectivity index (χ2v) is 7.83. The summed E-state index contributed by atoms with van der Waals surface area (Å²) in [5.41, 5.74) is 5.75. The van der Waals surface area contributed by atoms with E-state index in [1.54, 1.807) is 6.26 Å². The van der Waals surface area contributed by atoms with Gasteiger partial charge in [0.15, 0.2) is 5.13 Å². The second-order valence-electron chi connectivity index (χ2n) is 5.03. The molecule has 0 aliphatic rings. The Kier molecular flexibility index (Phi) is 6.41. The zero-order valence-electron chi connectivity index (χ0n) is 12.2. The molecule has 0 aliphatic carbocycles. The third-order valence-electron chi connectivity index (χ3n) is 2.64. The van der Waals surface area contributed by atoms with Crippen LogP contribution < -0.4 is 16.4 Å². The van der Waals surface area contributed by atoms with Crippen LogP contribution in [0.15, 0.2) is 0 Å². The van der Waals surface area contributed by atoms with Crippen molar-refractivity contribution >= 4 is 39.0 Å². The van der Waals surface area contributed by atoms with E-state index in [0.29, 0.717) is 22.5 Å². The van der Waals surface area contributed by atoms with E-state index in [1.165, 1.54) is 11.3 Å². The highest BCUT2D eigenvalue weighted by Crippen LogP contribution is 2.24. The summed E-state index contributed by atoms with van der Waals surface area (Å²) in [5, 5.41) is 6.43. The molecule has 20 heavy (non-hydrogen) atoms. The maximum absolute atomic E-state index is 12.0. The van der Waals surface area contributed by atoms with Crippen molar-refractivity contribution < 1.29 is 9.00 Å². The molecule has 0 radical (unpaired) electrons. The molecule has 1 aromatic rings. The highest BCUT2D eigenvalue weighted by atomic mass is 32.2. The van der Waals surface area contributed by atoms with Crippen LogP contribution in [0.25, 0.3) is 0 Å². The van der Waals surface area contributed by atoms with Crippen molar-refractivity contribution in [3.05, 3.63) is 4.88 Å². The van der Waals surface area contributed by atoms with Gasteiger partial charge in [0.2, 0.25) is 0 Å². The Balaban J connectivity index is 2.62. The monoisotopic (exact) mass is 318 g/mol. The minimum Gasteiger partial charge on any atom is -0.382 e. The van der Waals surface area contributed by atoms with Crippen LogP contribution in [0.4, 0.5) is 10.9 Å². The van der Waals surface area contributed by atoms with Crippen LogP contribution in [0.2, 0.25) is 0 Å². The summed E-state index contributed by atoms with van der Waals surface area (Å²) in [7, 11) is -0.962. The first kappa shape index (κ1) is 16.9. The van der Waals surface area contributed by atoms with Gasteiger partial charge in [-0.3, -0.25) is 9.00 Å². The highest BCUT2D eigenvalue weighted by molar-refractivity contribution is 7.84.